The summed E-state index contributed by atoms with van der Waals surface area (Å²) >= 11 is 0. The van der Waals surface area contributed by atoms with E-state index in [1.165, 1.54) is 29.7 Å². The van der Waals surface area contributed by atoms with E-state index < -0.39 is 0 Å². The average molecular weight is 476 g/mol. The minimum atomic E-state index is -0.218. The van der Waals surface area contributed by atoms with Gasteiger partial charge in [-0.25, -0.2) is 0 Å². The normalized spacial score (nSPS) is 30.9. The number of methoxy groups -OCH3 is 1. The summed E-state index contributed by atoms with van der Waals surface area (Å²) in [4.78, 5) is 14.9. The number of benzene rings is 1. The fourth-order valence-corrected chi connectivity index (χ4v) is 8.61. The predicted octanol–water partition coefficient (Wildman–Crippen LogP) is 5.12. The molecule has 1 fully saturated rings. The summed E-state index contributed by atoms with van der Waals surface area (Å²) in [6, 6.07) is 4.19. The molecule has 32 heavy (non-hydrogen) atoms. The number of carbonyl (C=O) groups is 1. The monoisotopic (exact) mass is 475 g/mol. The Kier molecular flexibility index (Phi) is 6.68. The van der Waals surface area contributed by atoms with Crippen molar-refractivity contribution in [3.8, 4) is 11.5 Å². The predicted molar refractivity (Wildman–Crippen MR) is 131 cm³/mol. The fourth-order valence-electron chi connectivity index (χ4n) is 5.59. The zero-order valence-corrected chi connectivity index (χ0v) is 20.6. The molecule has 5 rings (SSSR count). The number of hydrogen-bond acceptors (Lipinski definition) is 7. The highest BCUT2D eigenvalue weighted by Crippen LogP contribution is 2.55. The number of nitrogens with zero attached hydrogens (tertiary/aromatic N) is 1. The Morgan fingerprint density at radius 2 is 2.25 bits per heavy atom. The van der Waals surface area contributed by atoms with Crippen LogP contribution in [0.15, 0.2) is 24.3 Å². The maximum absolute atomic E-state index is 12.5. The Morgan fingerprint density at radius 1 is 1.34 bits per heavy atom. The van der Waals surface area contributed by atoms with Gasteiger partial charge in [-0.15, -0.1) is 0 Å². The van der Waals surface area contributed by atoms with Crippen LogP contribution in [0.25, 0.3) is 0 Å². The standard InChI is InChI=1S/C25H33NO4S2/c1-26-13-12-25-11-9-18(29-22(27)6-4-3-5-19-10-14-31-32-19)15-21(25)30-24-20(28-2)8-7-17(16-26)23(24)25/h7-9,11,18-19,21H,3-6,10,12-16H2,1-2H3/t18-,19?,21-,25?/m0/s1. The van der Waals surface area contributed by atoms with Crippen molar-refractivity contribution >= 4 is 27.6 Å². The van der Waals surface area contributed by atoms with Crippen molar-refractivity contribution in [2.24, 2.45) is 0 Å². The van der Waals surface area contributed by atoms with E-state index in [0.29, 0.717) is 12.8 Å². The van der Waals surface area contributed by atoms with Gasteiger partial charge in [-0.2, -0.15) is 0 Å². The SMILES string of the molecule is COc1ccc2c3c1O[C@H]1C[C@@H](OC(=O)CCCCC4CCSS4)C=CC31CCN(C)C2. The van der Waals surface area contributed by atoms with Gasteiger partial charge in [0.05, 0.1) is 12.5 Å². The van der Waals surface area contributed by atoms with Gasteiger partial charge >= 0.3 is 5.97 Å². The van der Waals surface area contributed by atoms with Crippen LogP contribution in [-0.4, -0.2) is 54.8 Å². The summed E-state index contributed by atoms with van der Waals surface area (Å²) in [6.07, 6.45) is 10.9. The molecule has 1 aliphatic carbocycles. The van der Waals surface area contributed by atoms with Crippen molar-refractivity contribution in [2.75, 3.05) is 26.5 Å². The largest absolute Gasteiger partial charge is 0.493 e. The van der Waals surface area contributed by atoms with E-state index >= 15 is 0 Å². The van der Waals surface area contributed by atoms with Gasteiger partial charge in [0.2, 0.25) is 0 Å². The van der Waals surface area contributed by atoms with Crippen LogP contribution < -0.4 is 9.47 Å². The van der Waals surface area contributed by atoms with Crippen LogP contribution in [0.3, 0.4) is 0 Å². The van der Waals surface area contributed by atoms with Crippen molar-refractivity contribution in [1.29, 1.82) is 0 Å². The van der Waals surface area contributed by atoms with Crippen LogP contribution in [-0.2, 0) is 21.5 Å². The maximum atomic E-state index is 12.5. The highest BCUT2D eigenvalue weighted by Gasteiger charge is 2.53. The molecule has 2 unspecified atom stereocenters. The summed E-state index contributed by atoms with van der Waals surface area (Å²) in [7, 11) is 7.86. The smallest absolute Gasteiger partial charge is 0.306 e. The van der Waals surface area contributed by atoms with Gasteiger partial charge in [-0.05, 0) is 57.0 Å². The van der Waals surface area contributed by atoms with E-state index in [0.717, 1.165) is 49.1 Å². The molecular weight excluding hydrogens is 442 g/mol. The van der Waals surface area contributed by atoms with Crippen molar-refractivity contribution in [3.05, 3.63) is 35.4 Å². The quantitative estimate of drug-likeness (QED) is 0.235. The Labute approximate surface area is 199 Å². The molecule has 1 aromatic carbocycles. The molecule has 1 aromatic rings. The van der Waals surface area contributed by atoms with Crippen LogP contribution in [0.4, 0.5) is 0 Å². The lowest BCUT2D eigenvalue weighted by Gasteiger charge is -2.36. The number of ether oxygens (including phenoxy) is 3. The van der Waals surface area contributed by atoms with Crippen LogP contribution in [0.5, 0.6) is 11.5 Å². The lowest BCUT2D eigenvalue weighted by Crippen LogP contribution is -2.43. The Hall–Kier alpha value is -1.31. The number of rotatable bonds is 7. The van der Waals surface area contributed by atoms with Crippen molar-refractivity contribution < 1.29 is 19.0 Å². The second kappa shape index (κ2) is 9.51. The molecular formula is C25H33NO4S2. The first-order chi connectivity index (χ1) is 15.6. The summed E-state index contributed by atoms with van der Waals surface area (Å²) < 4.78 is 18.0. The molecule has 5 nitrogen and oxygen atoms in total. The molecule has 0 aromatic heterocycles. The van der Waals surface area contributed by atoms with Crippen LogP contribution in [0.2, 0.25) is 0 Å². The van der Waals surface area contributed by atoms with E-state index in [4.69, 9.17) is 14.2 Å². The second-order valence-corrected chi connectivity index (χ2v) is 12.3. The van der Waals surface area contributed by atoms with Crippen molar-refractivity contribution in [1.82, 2.24) is 4.90 Å². The topological polar surface area (TPSA) is 48.0 Å². The lowest BCUT2D eigenvalue weighted by molar-refractivity contribution is -0.148. The van der Waals surface area contributed by atoms with Gasteiger partial charge < -0.3 is 19.1 Å². The molecule has 3 heterocycles. The summed E-state index contributed by atoms with van der Waals surface area (Å²) in [5, 5.41) is 0.773. The molecule has 0 bridgehead atoms. The molecule has 1 saturated heterocycles. The van der Waals surface area contributed by atoms with Crippen LogP contribution >= 0.6 is 21.6 Å². The first-order valence-electron chi connectivity index (χ1n) is 11.8. The molecule has 4 atom stereocenters. The van der Waals surface area contributed by atoms with E-state index in [-0.39, 0.29) is 23.6 Å². The minimum absolute atomic E-state index is 0.0289. The molecule has 0 saturated carbocycles. The van der Waals surface area contributed by atoms with Crippen LogP contribution in [0, 0.1) is 0 Å². The Morgan fingerprint density at radius 3 is 3.06 bits per heavy atom. The first-order valence-corrected chi connectivity index (χ1v) is 14.2. The van der Waals surface area contributed by atoms with Gasteiger partial charge in [0, 0.05) is 36.0 Å². The van der Waals surface area contributed by atoms with Gasteiger partial charge in [-0.3, -0.25) is 4.79 Å². The Bertz CT molecular complexity index is 885. The van der Waals surface area contributed by atoms with Crippen molar-refractivity contribution in [3.63, 3.8) is 0 Å². The molecule has 4 aliphatic rings. The highest BCUT2D eigenvalue weighted by molar-refractivity contribution is 8.77. The molecule has 174 valence electrons. The molecule has 0 amide bonds. The van der Waals surface area contributed by atoms with Crippen LogP contribution in [0.1, 0.15) is 56.1 Å². The summed E-state index contributed by atoms with van der Waals surface area (Å²) in [6.45, 7) is 1.91. The van der Waals surface area contributed by atoms with E-state index in [1.54, 1.807) is 7.11 Å². The summed E-state index contributed by atoms with van der Waals surface area (Å²) in [5.74, 6) is 2.86. The third kappa shape index (κ3) is 4.28. The minimum Gasteiger partial charge on any atom is -0.493 e. The van der Waals surface area contributed by atoms with E-state index in [1.807, 2.05) is 27.7 Å². The third-order valence-electron chi connectivity index (χ3n) is 7.30. The van der Waals surface area contributed by atoms with Gasteiger partial charge in [0.25, 0.3) is 0 Å². The molecule has 1 spiro atoms. The number of hydrogen-bond donors (Lipinski definition) is 0. The highest BCUT2D eigenvalue weighted by atomic mass is 33.1. The molecule has 0 N–H and O–H groups in total. The first kappa shape index (κ1) is 22.5. The zero-order chi connectivity index (χ0) is 22.1. The molecule has 7 heteroatoms. The zero-order valence-electron chi connectivity index (χ0n) is 19.0. The van der Waals surface area contributed by atoms with Gasteiger partial charge in [0.1, 0.15) is 12.2 Å². The number of esters is 1. The number of unbranched alkanes of at least 4 members (excludes halogenated alkanes) is 1. The number of carbonyl (C=O) groups excluding carboxylic acids is 1. The van der Waals surface area contributed by atoms with Gasteiger partial charge in [0.15, 0.2) is 11.5 Å². The molecule has 3 aliphatic heterocycles. The maximum Gasteiger partial charge on any atom is 0.306 e. The molecule has 0 radical (unpaired) electrons. The summed E-state index contributed by atoms with van der Waals surface area (Å²) in [5.41, 5.74) is 2.42. The van der Waals surface area contributed by atoms with Gasteiger partial charge in [-0.1, -0.05) is 40.2 Å². The Balaban J connectivity index is 1.24. The average Bonchev–Trinajstić information content (AvgIpc) is 3.38. The fraction of sp³-hybridized carbons (Fsp3) is 0.640. The van der Waals surface area contributed by atoms with E-state index in [9.17, 15) is 4.79 Å². The van der Waals surface area contributed by atoms with E-state index in [2.05, 4.69) is 30.2 Å². The third-order valence-corrected chi connectivity index (χ3v) is 10.3. The lowest BCUT2D eigenvalue weighted by atomic mass is 9.69. The van der Waals surface area contributed by atoms with Crippen molar-refractivity contribution in [2.45, 2.75) is 74.4 Å². The second-order valence-electron chi connectivity index (χ2n) is 9.46.